The minimum absolute atomic E-state index is 0.827. The molecule has 3 heterocycles. The summed E-state index contributed by atoms with van der Waals surface area (Å²) in [7, 11) is 2.15. The van der Waals surface area contributed by atoms with E-state index in [0.29, 0.717) is 0 Å². The summed E-state index contributed by atoms with van der Waals surface area (Å²) in [5.41, 5.74) is 4.21. The van der Waals surface area contributed by atoms with E-state index < -0.39 is 0 Å². The summed E-state index contributed by atoms with van der Waals surface area (Å²) in [6.07, 6.45) is 3.69. The van der Waals surface area contributed by atoms with Crippen LogP contribution in [0.1, 0.15) is 5.56 Å². The summed E-state index contributed by atoms with van der Waals surface area (Å²) in [6, 6.07) is 8.45. The standard InChI is InChI=1S/C17H20N6/c1-13-3-5-14(6-4-13)15-11-18-16(17-20-19-12-23(15)17)22-9-7-21(2)8-10-22/h3-6,11-12H,7-10H2,1-2H3. The molecule has 1 aliphatic heterocycles. The minimum Gasteiger partial charge on any atom is -0.351 e. The van der Waals surface area contributed by atoms with Gasteiger partial charge in [-0.25, -0.2) is 4.98 Å². The summed E-state index contributed by atoms with van der Waals surface area (Å²) >= 11 is 0. The lowest BCUT2D eigenvalue weighted by Gasteiger charge is -2.33. The third-order valence-corrected chi connectivity index (χ3v) is 4.47. The maximum absolute atomic E-state index is 4.71. The Kier molecular flexibility index (Phi) is 3.46. The molecule has 3 aromatic rings. The number of aromatic nitrogens is 4. The van der Waals surface area contributed by atoms with Crippen LogP contribution in [0.15, 0.2) is 36.8 Å². The van der Waals surface area contributed by atoms with Crippen LogP contribution in [0.25, 0.3) is 16.9 Å². The summed E-state index contributed by atoms with van der Waals surface area (Å²) in [6.45, 7) is 6.11. The van der Waals surface area contributed by atoms with Gasteiger partial charge in [0, 0.05) is 31.7 Å². The number of hydrogen-bond acceptors (Lipinski definition) is 5. The highest BCUT2D eigenvalue weighted by molar-refractivity contribution is 5.70. The van der Waals surface area contributed by atoms with Gasteiger partial charge in [-0.3, -0.25) is 4.40 Å². The molecule has 1 aromatic carbocycles. The first kappa shape index (κ1) is 14.1. The van der Waals surface area contributed by atoms with Crippen molar-refractivity contribution in [1.29, 1.82) is 0 Å². The largest absolute Gasteiger partial charge is 0.351 e. The average Bonchev–Trinajstić information content (AvgIpc) is 3.05. The van der Waals surface area contributed by atoms with Crippen LogP contribution >= 0.6 is 0 Å². The van der Waals surface area contributed by atoms with Gasteiger partial charge >= 0.3 is 0 Å². The molecular weight excluding hydrogens is 288 g/mol. The van der Waals surface area contributed by atoms with Crippen molar-refractivity contribution in [2.24, 2.45) is 0 Å². The highest BCUT2D eigenvalue weighted by Crippen LogP contribution is 2.25. The first-order valence-electron chi connectivity index (χ1n) is 7.91. The maximum atomic E-state index is 4.71. The third-order valence-electron chi connectivity index (χ3n) is 4.47. The maximum Gasteiger partial charge on any atom is 0.204 e. The van der Waals surface area contributed by atoms with Gasteiger partial charge in [0.1, 0.15) is 6.33 Å². The molecule has 23 heavy (non-hydrogen) atoms. The van der Waals surface area contributed by atoms with Crippen molar-refractivity contribution in [3.05, 3.63) is 42.4 Å². The van der Waals surface area contributed by atoms with Gasteiger partial charge in [-0.2, -0.15) is 0 Å². The topological polar surface area (TPSA) is 49.6 Å². The van der Waals surface area contributed by atoms with Crippen LogP contribution in [0.2, 0.25) is 0 Å². The van der Waals surface area contributed by atoms with E-state index in [0.717, 1.165) is 48.9 Å². The molecule has 4 rings (SSSR count). The molecule has 2 aromatic heterocycles. The lowest BCUT2D eigenvalue weighted by Crippen LogP contribution is -2.45. The second-order valence-electron chi connectivity index (χ2n) is 6.15. The Morgan fingerprint density at radius 1 is 1.00 bits per heavy atom. The van der Waals surface area contributed by atoms with Crippen molar-refractivity contribution in [2.75, 3.05) is 38.1 Å². The van der Waals surface area contributed by atoms with Gasteiger partial charge in [-0.15, -0.1) is 10.2 Å². The van der Waals surface area contributed by atoms with Crippen LogP contribution in [0, 0.1) is 6.92 Å². The Balaban J connectivity index is 1.77. The fourth-order valence-electron chi connectivity index (χ4n) is 2.99. The van der Waals surface area contributed by atoms with E-state index in [2.05, 4.69) is 58.2 Å². The Morgan fingerprint density at radius 3 is 2.48 bits per heavy atom. The molecule has 0 unspecified atom stereocenters. The minimum atomic E-state index is 0.827. The zero-order valence-corrected chi connectivity index (χ0v) is 13.5. The lowest BCUT2D eigenvalue weighted by molar-refractivity contribution is 0.312. The molecule has 6 heteroatoms. The molecular formula is C17H20N6. The Hall–Kier alpha value is -2.47. The van der Waals surface area contributed by atoms with Crippen LogP contribution in [-0.2, 0) is 0 Å². The molecule has 1 saturated heterocycles. The number of benzene rings is 1. The van der Waals surface area contributed by atoms with Gasteiger partial charge in [0.05, 0.1) is 11.9 Å². The number of hydrogen-bond donors (Lipinski definition) is 0. The molecule has 0 radical (unpaired) electrons. The van der Waals surface area contributed by atoms with Gasteiger partial charge in [0.2, 0.25) is 5.65 Å². The second kappa shape index (κ2) is 5.62. The Morgan fingerprint density at radius 2 is 1.74 bits per heavy atom. The number of fused-ring (bicyclic) bond motifs is 1. The molecule has 0 atom stereocenters. The summed E-state index contributed by atoms with van der Waals surface area (Å²) < 4.78 is 2.03. The fourth-order valence-corrected chi connectivity index (χ4v) is 2.99. The SMILES string of the molecule is Cc1ccc(-c2cnc(N3CCN(C)CC3)c3nncn23)cc1. The Labute approximate surface area is 135 Å². The number of aryl methyl sites for hydroxylation is 1. The molecule has 1 aliphatic rings. The first-order chi connectivity index (χ1) is 11.2. The van der Waals surface area contributed by atoms with Gasteiger partial charge in [-0.05, 0) is 14.0 Å². The normalized spacial score (nSPS) is 16.2. The van der Waals surface area contributed by atoms with Crippen molar-refractivity contribution in [3.8, 4) is 11.3 Å². The number of anilines is 1. The molecule has 0 bridgehead atoms. The number of piperazine rings is 1. The number of rotatable bonds is 2. The predicted molar refractivity (Wildman–Crippen MR) is 90.7 cm³/mol. The van der Waals surface area contributed by atoms with Gasteiger partial charge in [-0.1, -0.05) is 29.8 Å². The van der Waals surface area contributed by atoms with Crippen molar-refractivity contribution in [2.45, 2.75) is 6.92 Å². The van der Waals surface area contributed by atoms with Gasteiger partial charge in [0.15, 0.2) is 5.82 Å². The van der Waals surface area contributed by atoms with E-state index in [1.807, 2.05) is 10.6 Å². The van der Waals surface area contributed by atoms with Gasteiger partial charge in [0.25, 0.3) is 0 Å². The quantitative estimate of drug-likeness (QED) is 0.723. The molecule has 0 N–H and O–H groups in total. The highest BCUT2D eigenvalue weighted by Gasteiger charge is 2.20. The molecule has 0 spiro atoms. The van der Waals surface area contributed by atoms with E-state index in [-0.39, 0.29) is 0 Å². The molecule has 1 fully saturated rings. The summed E-state index contributed by atoms with van der Waals surface area (Å²) in [4.78, 5) is 9.34. The number of nitrogens with zero attached hydrogens (tertiary/aromatic N) is 6. The summed E-state index contributed by atoms with van der Waals surface area (Å²) in [5.74, 6) is 0.923. The van der Waals surface area contributed by atoms with Crippen molar-refractivity contribution in [3.63, 3.8) is 0 Å². The second-order valence-corrected chi connectivity index (χ2v) is 6.15. The van der Waals surface area contributed by atoms with Crippen LogP contribution in [0.3, 0.4) is 0 Å². The number of likely N-dealkylation sites (N-methyl/N-ethyl adjacent to an activating group) is 1. The molecule has 0 aliphatic carbocycles. The third kappa shape index (κ3) is 2.55. The van der Waals surface area contributed by atoms with Crippen molar-refractivity contribution in [1.82, 2.24) is 24.5 Å². The van der Waals surface area contributed by atoms with Crippen molar-refractivity contribution < 1.29 is 0 Å². The zero-order valence-electron chi connectivity index (χ0n) is 13.5. The first-order valence-corrected chi connectivity index (χ1v) is 7.91. The van der Waals surface area contributed by atoms with E-state index >= 15 is 0 Å². The zero-order chi connectivity index (χ0) is 15.8. The molecule has 0 amide bonds. The monoisotopic (exact) mass is 308 g/mol. The van der Waals surface area contributed by atoms with E-state index in [4.69, 9.17) is 4.98 Å². The van der Waals surface area contributed by atoms with E-state index in [1.54, 1.807) is 6.33 Å². The fraction of sp³-hybridized carbons (Fsp3) is 0.353. The van der Waals surface area contributed by atoms with Crippen LogP contribution in [-0.4, -0.2) is 57.7 Å². The predicted octanol–water partition coefficient (Wildman–Crippen LogP) is 1.85. The van der Waals surface area contributed by atoms with Crippen LogP contribution in [0.5, 0.6) is 0 Å². The lowest BCUT2D eigenvalue weighted by atomic mass is 10.1. The molecule has 0 saturated carbocycles. The van der Waals surface area contributed by atoms with Gasteiger partial charge < -0.3 is 9.80 Å². The smallest absolute Gasteiger partial charge is 0.204 e. The average molecular weight is 308 g/mol. The van der Waals surface area contributed by atoms with E-state index in [9.17, 15) is 0 Å². The molecule has 118 valence electrons. The van der Waals surface area contributed by atoms with Crippen LogP contribution in [0.4, 0.5) is 5.82 Å². The molecule has 6 nitrogen and oxygen atoms in total. The Bertz CT molecular complexity index is 815. The summed E-state index contributed by atoms with van der Waals surface area (Å²) in [5, 5.41) is 8.42. The highest BCUT2D eigenvalue weighted by atomic mass is 15.3. The van der Waals surface area contributed by atoms with E-state index in [1.165, 1.54) is 5.56 Å². The van der Waals surface area contributed by atoms with Crippen LogP contribution < -0.4 is 4.90 Å². The van der Waals surface area contributed by atoms with Crippen molar-refractivity contribution >= 4 is 11.5 Å².